The maximum Gasteiger partial charge on any atom is 0.339 e. The highest BCUT2D eigenvalue weighted by Crippen LogP contribution is 2.67. The fourth-order valence-electron chi connectivity index (χ4n) is 11.0. The Morgan fingerprint density at radius 2 is 1.46 bits per heavy atom. The first-order valence-electron chi connectivity index (χ1n) is 18.7. The van der Waals surface area contributed by atoms with Crippen molar-refractivity contribution in [3.63, 3.8) is 0 Å². The van der Waals surface area contributed by atoms with Gasteiger partial charge in [0.1, 0.15) is 6.10 Å². The summed E-state index contributed by atoms with van der Waals surface area (Å²) in [7, 11) is 1.09. The molecule has 1 aliphatic heterocycles. The molecule has 5 rings (SSSR count). The smallest absolute Gasteiger partial charge is 0.339 e. The standard InChI is InChI=1S/C37H55N3O14/c1-17(41)50-22-12-13-36(5)21(14-22)8-9-23-24-10-11-25(37(24,6)15-27(45)28(23)36)26(39-40-35(38)47)16-49-34-32(53-20(4)44)30(52-19(3)43)29(51-18(2)42)31(54-34)33(46)48-7/h21-25,27-32,34,45H,8-16H2,1-7H3,(H3,38,40,47)/b39-26+/t21-,22-,23+,24-,25+,27+,28+,29-,30-,31-,32+,34+,36+,37+/m1/s1. The largest absolute Gasteiger partial charge is 0.467 e. The van der Waals surface area contributed by atoms with E-state index in [1.165, 1.54) is 6.92 Å². The van der Waals surface area contributed by atoms with Crippen molar-refractivity contribution in [1.29, 1.82) is 0 Å². The fraction of sp³-hybridized carbons (Fsp3) is 0.811. The lowest BCUT2D eigenvalue weighted by Crippen LogP contribution is -2.64. The van der Waals surface area contributed by atoms with Gasteiger partial charge in [-0.1, -0.05) is 13.8 Å². The number of methoxy groups -OCH3 is 1. The van der Waals surface area contributed by atoms with E-state index in [1.807, 2.05) is 0 Å². The number of urea groups is 1. The zero-order valence-corrected chi connectivity index (χ0v) is 32.1. The number of primary amides is 1. The van der Waals surface area contributed by atoms with Gasteiger partial charge in [0, 0.05) is 33.6 Å². The van der Waals surface area contributed by atoms with Crippen LogP contribution in [0.5, 0.6) is 0 Å². The van der Waals surface area contributed by atoms with Gasteiger partial charge in [-0.2, -0.15) is 5.10 Å². The maximum absolute atomic E-state index is 12.9. The number of rotatable bonds is 10. The molecular formula is C37H55N3O14. The first-order chi connectivity index (χ1) is 25.4. The summed E-state index contributed by atoms with van der Waals surface area (Å²) in [6, 6.07) is -0.914. The number of carbonyl (C=O) groups is 6. The second kappa shape index (κ2) is 16.5. The Bertz CT molecular complexity index is 1510. The van der Waals surface area contributed by atoms with Crippen LogP contribution in [-0.2, 0) is 57.1 Å². The monoisotopic (exact) mass is 765 g/mol. The summed E-state index contributed by atoms with van der Waals surface area (Å²) in [5.74, 6) is -3.21. The van der Waals surface area contributed by atoms with E-state index in [0.29, 0.717) is 24.5 Å². The number of nitrogens with zero attached hydrogens (tertiary/aromatic N) is 1. The van der Waals surface area contributed by atoms with Crippen LogP contribution in [0.25, 0.3) is 0 Å². The van der Waals surface area contributed by atoms with Crippen molar-refractivity contribution >= 4 is 41.6 Å². The van der Waals surface area contributed by atoms with E-state index in [2.05, 4.69) is 24.4 Å². The van der Waals surface area contributed by atoms with E-state index in [1.54, 1.807) is 0 Å². The highest BCUT2D eigenvalue weighted by Gasteiger charge is 2.64. The Labute approximate surface area is 314 Å². The Kier molecular flexibility index (Phi) is 12.6. The normalized spacial score (nSPS) is 40.1. The lowest BCUT2D eigenvalue weighted by Gasteiger charge is -2.62. The topological polar surface area (TPSA) is 238 Å². The second-order valence-corrected chi connectivity index (χ2v) is 16.0. The molecule has 17 heteroatoms. The van der Waals surface area contributed by atoms with Crippen LogP contribution in [0.3, 0.4) is 0 Å². The molecule has 0 unspecified atom stereocenters. The summed E-state index contributed by atoms with van der Waals surface area (Å²) in [6.07, 6.45) is -2.34. The minimum atomic E-state index is -1.65. The van der Waals surface area contributed by atoms with Crippen LogP contribution in [0.15, 0.2) is 5.10 Å². The summed E-state index contributed by atoms with van der Waals surface area (Å²) in [4.78, 5) is 73.3. The molecule has 0 bridgehead atoms. The fourth-order valence-corrected chi connectivity index (χ4v) is 11.0. The van der Waals surface area contributed by atoms with Gasteiger partial charge in [0.2, 0.25) is 0 Å². The molecule has 14 atom stereocenters. The van der Waals surface area contributed by atoms with Gasteiger partial charge in [-0.3, -0.25) is 19.2 Å². The molecule has 4 N–H and O–H groups in total. The van der Waals surface area contributed by atoms with Crippen molar-refractivity contribution in [2.24, 2.45) is 51.3 Å². The number of nitrogens with one attached hydrogen (secondary N) is 1. The maximum atomic E-state index is 12.9. The van der Waals surface area contributed by atoms with Gasteiger partial charge in [-0.15, -0.1) is 0 Å². The van der Waals surface area contributed by atoms with Crippen LogP contribution in [0.2, 0.25) is 0 Å². The predicted octanol–water partition coefficient (Wildman–Crippen LogP) is 2.28. The molecule has 0 radical (unpaired) electrons. The highest BCUT2D eigenvalue weighted by molar-refractivity contribution is 5.90. The van der Waals surface area contributed by atoms with E-state index in [0.717, 1.165) is 66.4 Å². The number of aliphatic hydroxyl groups excluding tert-OH is 1. The van der Waals surface area contributed by atoms with Crippen molar-refractivity contribution in [3.8, 4) is 0 Å². The summed E-state index contributed by atoms with van der Waals surface area (Å²) in [5, 5.41) is 16.4. The van der Waals surface area contributed by atoms with E-state index in [-0.39, 0.29) is 47.8 Å². The molecule has 54 heavy (non-hydrogen) atoms. The molecule has 17 nitrogen and oxygen atoms in total. The number of esters is 5. The molecule has 302 valence electrons. The van der Waals surface area contributed by atoms with E-state index >= 15 is 0 Å². The Morgan fingerprint density at radius 1 is 0.833 bits per heavy atom. The lowest BCUT2D eigenvalue weighted by molar-refractivity contribution is -0.298. The number of carbonyl (C=O) groups excluding carboxylic acids is 6. The van der Waals surface area contributed by atoms with Gasteiger partial charge in [0.15, 0.2) is 30.7 Å². The molecule has 1 heterocycles. The Hall–Kier alpha value is -3.83. The number of fused-ring (bicyclic) bond motifs is 5. The van der Waals surface area contributed by atoms with Crippen molar-refractivity contribution in [2.45, 2.75) is 136 Å². The number of aliphatic hydroxyl groups is 1. The second-order valence-electron chi connectivity index (χ2n) is 16.0. The number of hydrogen-bond acceptors (Lipinski definition) is 15. The van der Waals surface area contributed by atoms with E-state index < -0.39 is 72.1 Å². The summed E-state index contributed by atoms with van der Waals surface area (Å²) in [6.45, 7) is 8.82. The van der Waals surface area contributed by atoms with E-state index in [4.69, 9.17) is 38.9 Å². The SMILES string of the molecule is COC(=O)[C@@H]1O[C@H](OC/C(=N\NC(N)=O)[C@@H]2CC[C@@H]3[C@@H]4CC[C@@H]5C[C@H](OC(C)=O)CC[C@]5(C)[C@@H]4[C@@H](O)C[C@@]32C)[C@@H](OC(C)=O)[C@H](OC(C)=O)[C@H]1OC(C)=O. The first kappa shape index (κ1) is 41.3. The van der Waals surface area contributed by atoms with Gasteiger partial charge < -0.3 is 44.0 Å². The van der Waals surface area contributed by atoms with Crippen LogP contribution < -0.4 is 11.2 Å². The molecule has 1 saturated heterocycles. The van der Waals surface area contributed by atoms with Gasteiger partial charge in [-0.05, 0) is 85.9 Å². The van der Waals surface area contributed by atoms with Crippen LogP contribution in [0.4, 0.5) is 4.79 Å². The lowest BCUT2D eigenvalue weighted by atomic mass is 9.44. The minimum absolute atomic E-state index is 0.0606. The summed E-state index contributed by atoms with van der Waals surface area (Å²) >= 11 is 0. The molecule has 2 amide bonds. The van der Waals surface area contributed by atoms with Gasteiger partial charge >= 0.3 is 35.9 Å². The summed E-state index contributed by atoms with van der Waals surface area (Å²) < 4.78 is 39.0. The zero-order valence-electron chi connectivity index (χ0n) is 32.1. The van der Waals surface area contributed by atoms with Crippen LogP contribution >= 0.6 is 0 Å². The Morgan fingerprint density at radius 3 is 2.07 bits per heavy atom. The molecule has 0 aromatic carbocycles. The van der Waals surface area contributed by atoms with Crippen LogP contribution in [0, 0.1) is 40.4 Å². The quantitative estimate of drug-likeness (QED) is 0.125. The van der Waals surface area contributed by atoms with Crippen molar-refractivity contribution in [3.05, 3.63) is 0 Å². The molecular weight excluding hydrogens is 710 g/mol. The van der Waals surface area contributed by atoms with Gasteiger partial charge in [-0.25, -0.2) is 15.0 Å². The number of amides is 2. The number of hydrogen-bond donors (Lipinski definition) is 3. The third-order valence-electron chi connectivity index (χ3n) is 12.8. The third-order valence-corrected chi connectivity index (χ3v) is 12.8. The molecule has 5 fully saturated rings. The molecule has 0 aromatic heterocycles. The van der Waals surface area contributed by atoms with Crippen molar-refractivity contribution in [2.75, 3.05) is 13.7 Å². The van der Waals surface area contributed by atoms with Crippen LogP contribution in [0.1, 0.15) is 92.9 Å². The average Bonchev–Trinajstić information content (AvgIpc) is 3.41. The third kappa shape index (κ3) is 8.37. The van der Waals surface area contributed by atoms with E-state index in [9.17, 15) is 33.9 Å². The summed E-state index contributed by atoms with van der Waals surface area (Å²) in [5.41, 5.74) is 7.54. The van der Waals surface area contributed by atoms with Gasteiger partial charge in [0.25, 0.3) is 0 Å². The molecule has 5 aliphatic rings. The average molecular weight is 766 g/mol. The van der Waals surface area contributed by atoms with Gasteiger partial charge in [0.05, 0.1) is 25.5 Å². The molecule has 4 saturated carbocycles. The molecule has 0 spiro atoms. The first-order valence-corrected chi connectivity index (χ1v) is 18.7. The predicted molar refractivity (Wildman–Crippen MR) is 186 cm³/mol. The highest BCUT2D eigenvalue weighted by atomic mass is 16.7. The minimum Gasteiger partial charge on any atom is -0.467 e. The van der Waals surface area contributed by atoms with Crippen molar-refractivity contribution in [1.82, 2.24) is 5.43 Å². The number of nitrogens with two attached hydrogens (primary N) is 1. The van der Waals surface area contributed by atoms with Crippen LogP contribution in [-0.4, -0.2) is 103 Å². The van der Waals surface area contributed by atoms with Crippen molar-refractivity contribution < 1.29 is 67.0 Å². The molecule has 0 aromatic rings. The molecule has 4 aliphatic carbocycles. The number of ether oxygens (including phenoxy) is 7. The zero-order chi connectivity index (χ0) is 39.7. The number of hydrazone groups is 1. The Balaban J connectivity index is 1.42.